The molecule has 0 saturated heterocycles. The SMILES string of the molecule is O=S(=O)(N[C@@H](CO)c1ccccc1)c1cc(Br)ccc1Br. The van der Waals surface area contributed by atoms with Gasteiger partial charge in [0, 0.05) is 8.95 Å². The molecule has 0 saturated carbocycles. The molecule has 1 atom stereocenters. The van der Waals surface area contributed by atoms with E-state index in [1.54, 1.807) is 36.4 Å². The fraction of sp³-hybridized carbons (Fsp3) is 0.143. The minimum atomic E-state index is -3.76. The molecule has 0 aliphatic heterocycles. The molecule has 0 aliphatic carbocycles. The van der Waals surface area contributed by atoms with Gasteiger partial charge in [-0.15, -0.1) is 0 Å². The molecule has 2 aromatic rings. The lowest BCUT2D eigenvalue weighted by Gasteiger charge is -2.17. The lowest BCUT2D eigenvalue weighted by molar-refractivity contribution is 0.259. The van der Waals surface area contributed by atoms with Gasteiger partial charge in [0.15, 0.2) is 0 Å². The molecule has 0 aromatic heterocycles. The highest BCUT2D eigenvalue weighted by Gasteiger charge is 2.23. The predicted molar refractivity (Wildman–Crippen MR) is 88.4 cm³/mol. The van der Waals surface area contributed by atoms with E-state index in [1.807, 2.05) is 6.07 Å². The van der Waals surface area contributed by atoms with Gasteiger partial charge in [0.1, 0.15) is 0 Å². The minimum Gasteiger partial charge on any atom is -0.394 e. The molecule has 0 bridgehead atoms. The van der Waals surface area contributed by atoms with Gasteiger partial charge in [-0.1, -0.05) is 46.3 Å². The van der Waals surface area contributed by atoms with Crippen molar-refractivity contribution in [3.05, 3.63) is 63.0 Å². The molecule has 2 rings (SSSR count). The maximum atomic E-state index is 12.5. The Bertz CT molecular complexity index is 720. The first kappa shape index (κ1) is 16.6. The van der Waals surface area contributed by atoms with Crippen LogP contribution in [0, 0.1) is 0 Å². The Morgan fingerprint density at radius 3 is 2.38 bits per heavy atom. The predicted octanol–water partition coefficient (Wildman–Crippen LogP) is 3.22. The average molecular weight is 435 g/mol. The van der Waals surface area contributed by atoms with Crippen molar-refractivity contribution in [1.82, 2.24) is 4.72 Å². The molecule has 112 valence electrons. The summed E-state index contributed by atoms with van der Waals surface area (Å²) < 4.78 is 28.6. The van der Waals surface area contributed by atoms with Gasteiger partial charge in [0.05, 0.1) is 17.5 Å². The number of aliphatic hydroxyl groups excluding tert-OH is 1. The monoisotopic (exact) mass is 433 g/mol. The number of nitrogens with one attached hydrogen (secondary N) is 1. The molecule has 0 aliphatic rings. The van der Waals surface area contributed by atoms with E-state index in [1.165, 1.54) is 6.07 Å². The van der Waals surface area contributed by atoms with E-state index in [0.29, 0.717) is 14.5 Å². The Morgan fingerprint density at radius 2 is 1.76 bits per heavy atom. The molecule has 0 spiro atoms. The number of benzene rings is 2. The Balaban J connectivity index is 2.34. The minimum absolute atomic E-state index is 0.117. The summed E-state index contributed by atoms with van der Waals surface area (Å²) in [5.74, 6) is 0. The van der Waals surface area contributed by atoms with E-state index in [9.17, 15) is 13.5 Å². The van der Waals surface area contributed by atoms with Gasteiger partial charge in [-0.25, -0.2) is 13.1 Å². The van der Waals surface area contributed by atoms with Gasteiger partial charge in [-0.2, -0.15) is 0 Å². The highest BCUT2D eigenvalue weighted by atomic mass is 79.9. The normalized spacial score (nSPS) is 13.1. The van der Waals surface area contributed by atoms with Crippen molar-refractivity contribution in [3.63, 3.8) is 0 Å². The van der Waals surface area contributed by atoms with Crippen molar-refractivity contribution in [3.8, 4) is 0 Å². The van der Waals surface area contributed by atoms with Crippen LogP contribution in [-0.4, -0.2) is 20.1 Å². The van der Waals surface area contributed by atoms with E-state index in [-0.39, 0.29) is 11.5 Å². The third-order valence-electron chi connectivity index (χ3n) is 2.86. The molecular weight excluding hydrogens is 422 g/mol. The third-order valence-corrected chi connectivity index (χ3v) is 5.82. The summed E-state index contributed by atoms with van der Waals surface area (Å²) >= 11 is 6.49. The number of hydrogen-bond acceptors (Lipinski definition) is 3. The zero-order chi connectivity index (χ0) is 15.5. The van der Waals surface area contributed by atoms with Gasteiger partial charge in [-0.3, -0.25) is 0 Å². The zero-order valence-corrected chi connectivity index (χ0v) is 14.8. The Labute approximate surface area is 140 Å². The maximum absolute atomic E-state index is 12.5. The number of rotatable bonds is 5. The van der Waals surface area contributed by atoms with Crippen LogP contribution in [0.4, 0.5) is 0 Å². The van der Waals surface area contributed by atoms with Crippen LogP contribution in [-0.2, 0) is 10.0 Å². The number of hydrogen-bond donors (Lipinski definition) is 2. The highest BCUT2D eigenvalue weighted by molar-refractivity contribution is 9.11. The number of aliphatic hydroxyl groups is 1. The number of halogens is 2. The molecule has 7 heteroatoms. The first-order chi connectivity index (χ1) is 9.94. The highest BCUT2D eigenvalue weighted by Crippen LogP contribution is 2.27. The number of sulfonamides is 1. The summed E-state index contributed by atoms with van der Waals surface area (Å²) in [5.41, 5.74) is 0.703. The molecule has 0 heterocycles. The molecular formula is C14H13Br2NO3S. The summed E-state index contributed by atoms with van der Waals surface area (Å²) in [6.45, 7) is -0.325. The first-order valence-electron chi connectivity index (χ1n) is 6.07. The summed E-state index contributed by atoms with van der Waals surface area (Å²) in [7, 11) is -3.76. The van der Waals surface area contributed by atoms with Crippen LogP contribution in [0.15, 0.2) is 62.4 Å². The van der Waals surface area contributed by atoms with Crippen LogP contribution in [0.3, 0.4) is 0 Å². The van der Waals surface area contributed by atoms with Crippen molar-refractivity contribution >= 4 is 41.9 Å². The quantitative estimate of drug-likeness (QED) is 0.759. The van der Waals surface area contributed by atoms with Crippen LogP contribution in [0.5, 0.6) is 0 Å². The van der Waals surface area contributed by atoms with E-state index < -0.39 is 16.1 Å². The largest absolute Gasteiger partial charge is 0.394 e. The molecule has 2 aromatic carbocycles. The van der Waals surface area contributed by atoms with Crippen molar-refractivity contribution < 1.29 is 13.5 Å². The average Bonchev–Trinajstić information content (AvgIpc) is 2.48. The molecule has 0 radical (unpaired) electrons. The molecule has 0 unspecified atom stereocenters. The van der Waals surface area contributed by atoms with Crippen molar-refractivity contribution in [2.45, 2.75) is 10.9 Å². The fourth-order valence-corrected chi connectivity index (χ4v) is 4.55. The smallest absolute Gasteiger partial charge is 0.242 e. The van der Waals surface area contributed by atoms with Crippen molar-refractivity contribution in [2.24, 2.45) is 0 Å². The molecule has 2 N–H and O–H groups in total. The molecule has 0 fully saturated rings. The maximum Gasteiger partial charge on any atom is 0.242 e. The second-order valence-electron chi connectivity index (χ2n) is 4.34. The van der Waals surface area contributed by atoms with Gasteiger partial charge < -0.3 is 5.11 Å². The van der Waals surface area contributed by atoms with E-state index >= 15 is 0 Å². The van der Waals surface area contributed by atoms with Gasteiger partial charge >= 0.3 is 0 Å². The lowest BCUT2D eigenvalue weighted by Crippen LogP contribution is -2.31. The summed E-state index contributed by atoms with van der Waals surface area (Å²) in [4.78, 5) is 0.117. The van der Waals surface area contributed by atoms with Gasteiger partial charge in [0.25, 0.3) is 0 Å². The second-order valence-corrected chi connectivity index (χ2v) is 7.79. The van der Waals surface area contributed by atoms with Crippen molar-refractivity contribution in [1.29, 1.82) is 0 Å². The Hall–Kier alpha value is -0.730. The summed E-state index contributed by atoms with van der Waals surface area (Å²) in [6, 6.07) is 13.1. The molecule has 4 nitrogen and oxygen atoms in total. The third kappa shape index (κ3) is 4.14. The topological polar surface area (TPSA) is 66.4 Å². The van der Waals surface area contributed by atoms with E-state index in [4.69, 9.17) is 0 Å². The van der Waals surface area contributed by atoms with Crippen LogP contribution in [0.2, 0.25) is 0 Å². The Morgan fingerprint density at radius 1 is 1.10 bits per heavy atom. The fourth-order valence-electron chi connectivity index (χ4n) is 1.83. The van der Waals surface area contributed by atoms with E-state index in [2.05, 4.69) is 36.6 Å². The molecule has 0 amide bonds. The molecule has 21 heavy (non-hydrogen) atoms. The van der Waals surface area contributed by atoms with Crippen molar-refractivity contribution in [2.75, 3.05) is 6.61 Å². The van der Waals surface area contributed by atoms with Crippen LogP contribution in [0.1, 0.15) is 11.6 Å². The summed E-state index contributed by atoms with van der Waals surface area (Å²) in [5, 5.41) is 9.47. The van der Waals surface area contributed by atoms with Gasteiger partial charge in [0.2, 0.25) is 10.0 Å². The van der Waals surface area contributed by atoms with Gasteiger partial charge in [-0.05, 0) is 39.7 Å². The van der Waals surface area contributed by atoms with Crippen LogP contribution in [0.25, 0.3) is 0 Å². The zero-order valence-electron chi connectivity index (χ0n) is 10.8. The van der Waals surface area contributed by atoms with Crippen LogP contribution < -0.4 is 4.72 Å². The Kier molecular flexibility index (Phi) is 5.56. The standard InChI is InChI=1S/C14H13Br2NO3S/c15-11-6-7-12(16)14(8-11)21(19,20)17-13(9-18)10-4-2-1-3-5-10/h1-8,13,17-18H,9H2/t13-/m0/s1. The lowest BCUT2D eigenvalue weighted by atomic mass is 10.1. The second kappa shape index (κ2) is 7.02. The first-order valence-corrected chi connectivity index (χ1v) is 9.14. The summed E-state index contributed by atoms with van der Waals surface area (Å²) in [6.07, 6.45) is 0. The van der Waals surface area contributed by atoms with E-state index in [0.717, 1.165) is 0 Å². The van der Waals surface area contributed by atoms with Crippen LogP contribution >= 0.6 is 31.9 Å².